The van der Waals surface area contributed by atoms with Gasteiger partial charge in [0, 0.05) is 25.6 Å². The molecule has 0 fully saturated rings. The molecule has 2 aromatic heterocycles. The number of imidazole rings is 1. The van der Waals surface area contributed by atoms with Crippen LogP contribution in [0.15, 0.2) is 66.9 Å². The zero-order valence-electron chi connectivity index (χ0n) is 20.5. The molecule has 0 aliphatic heterocycles. The fourth-order valence-electron chi connectivity index (χ4n) is 3.88. The maximum absolute atomic E-state index is 12.5. The number of pyridine rings is 1. The van der Waals surface area contributed by atoms with Gasteiger partial charge in [0.1, 0.15) is 22.8 Å². The number of amides is 1. The van der Waals surface area contributed by atoms with Crippen LogP contribution >= 0.6 is 0 Å². The smallest absolute Gasteiger partial charge is 0.406 e. The van der Waals surface area contributed by atoms with Gasteiger partial charge >= 0.3 is 12.7 Å². The summed E-state index contributed by atoms with van der Waals surface area (Å²) in [6, 6.07) is 13.4. The van der Waals surface area contributed by atoms with Crippen molar-refractivity contribution in [3.63, 3.8) is 0 Å². The van der Waals surface area contributed by atoms with E-state index in [9.17, 15) is 36.2 Å². The van der Waals surface area contributed by atoms with E-state index in [1.807, 2.05) is 0 Å². The Morgan fingerprint density at radius 1 is 0.925 bits per heavy atom. The topological polar surface area (TPSA) is 98.5 Å². The lowest BCUT2D eigenvalue weighted by Gasteiger charge is -2.14. The lowest BCUT2D eigenvalue weighted by Crippen LogP contribution is -2.28. The van der Waals surface area contributed by atoms with E-state index in [0.29, 0.717) is 22.6 Å². The molecule has 0 aliphatic rings. The lowest BCUT2D eigenvalue weighted by atomic mass is 10.1. The van der Waals surface area contributed by atoms with Crippen LogP contribution in [0.3, 0.4) is 0 Å². The summed E-state index contributed by atoms with van der Waals surface area (Å²) < 4.78 is 83.7. The number of benzene rings is 2. The zero-order chi connectivity index (χ0) is 28.9. The molecule has 4 aromatic rings. The molecule has 8 nitrogen and oxygen atoms in total. The number of hydrogen-bond acceptors (Lipinski definition) is 6. The lowest BCUT2D eigenvalue weighted by molar-refractivity contribution is -0.275. The first kappa shape index (κ1) is 28.7. The van der Waals surface area contributed by atoms with Gasteiger partial charge in [0.15, 0.2) is 5.65 Å². The van der Waals surface area contributed by atoms with E-state index < -0.39 is 30.5 Å². The zero-order valence-corrected chi connectivity index (χ0v) is 20.5. The number of carbonyl (C=O) groups is 1. The standard InChI is InChI=1S/C26H22F6N4O4/c27-25(28,29)39-18-7-3-16(4-8-18)15-36-22(35-20-2-1-13-33-24(20)36)11-12-23(38)34-14-21(37)17-5-9-19(10-6-17)40-26(30,31)32/h1-10,13,21,37H,11-12,14-15H2,(H,34,38). The average Bonchev–Trinajstić information content (AvgIpc) is 3.23. The van der Waals surface area contributed by atoms with Gasteiger partial charge in [-0.1, -0.05) is 24.3 Å². The molecule has 4 rings (SSSR count). The Balaban J connectivity index is 1.36. The minimum Gasteiger partial charge on any atom is -0.406 e. The van der Waals surface area contributed by atoms with Gasteiger partial charge in [-0.05, 0) is 47.5 Å². The minimum atomic E-state index is -4.83. The molecule has 1 atom stereocenters. The van der Waals surface area contributed by atoms with Gasteiger partial charge in [-0.15, -0.1) is 26.3 Å². The number of alkyl halides is 6. The third-order valence-electron chi connectivity index (χ3n) is 5.65. The number of aliphatic hydroxyl groups is 1. The fourth-order valence-corrected chi connectivity index (χ4v) is 3.88. The first-order chi connectivity index (χ1) is 18.9. The van der Waals surface area contributed by atoms with E-state index in [-0.39, 0.29) is 37.2 Å². The summed E-state index contributed by atoms with van der Waals surface area (Å²) in [5.41, 5.74) is 2.04. The molecule has 0 radical (unpaired) electrons. The van der Waals surface area contributed by atoms with E-state index in [1.165, 1.54) is 36.4 Å². The van der Waals surface area contributed by atoms with E-state index >= 15 is 0 Å². The largest absolute Gasteiger partial charge is 0.573 e. The molecule has 2 N–H and O–H groups in total. The van der Waals surface area contributed by atoms with Crippen molar-refractivity contribution >= 4 is 17.1 Å². The second kappa shape index (κ2) is 11.8. The van der Waals surface area contributed by atoms with Crippen molar-refractivity contribution in [1.82, 2.24) is 19.9 Å². The summed E-state index contributed by atoms with van der Waals surface area (Å²) in [5, 5.41) is 12.9. The molecule has 2 heterocycles. The fraction of sp³-hybridized carbons (Fsp3) is 0.269. The third kappa shape index (κ3) is 8.09. The third-order valence-corrected chi connectivity index (χ3v) is 5.65. The predicted octanol–water partition coefficient (Wildman–Crippen LogP) is 5.06. The SMILES string of the molecule is O=C(CCc1nc2cccnc2n1Cc1ccc(OC(F)(F)F)cc1)NCC(O)c1ccc(OC(F)(F)F)cc1. The summed E-state index contributed by atoms with van der Waals surface area (Å²) in [5.74, 6) is -0.679. The number of nitrogens with zero attached hydrogens (tertiary/aromatic N) is 3. The average molecular weight is 568 g/mol. The molecule has 1 amide bonds. The van der Waals surface area contributed by atoms with Crippen molar-refractivity contribution in [2.45, 2.75) is 38.2 Å². The van der Waals surface area contributed by atoms with Crippen LogP contribution in [0.1, 0.15) is 29.5 Å². The molecule has 0 bridgehead atoms. The molecular formula is C26H22F6N4O4. The second-order valence-corrected chi connectivity index (χ2v) is 8.59. The number of fused-ring (bicyclic) bond motifs is 1. The summed E-state index contributed by atoms with van der Waals surface area (Å²) in [6.07, 6.45) is -9.04. The molecule has 212 valence electrons. The molecule has 2 aromatic carbocycles. The highest BCUT2D eigenvalue weighted by atomic mass is 19.4. The van der Waals surface area contributed by atoms with Gasteiger partial charge in [-0.2, -0.15) is 0 Å². The monoisotopic (exact) mass is 568 g/mol. The molecule has 14 heteroatoms. The van der Waals surface area contributed by atoms with E-state index in [0.717, 1.165) is 12.1 Å². The number of rotatable bonds is 10. The molecule has 0 saturated carbocycles. The van der Waals surface area contributed by atoms with E-state index in [2.05, 4.69) is 24.8 Å². The molecular weight excluding hydrogens is 546 g/mol. The van der Waals surface area contributed by atoms with E-state index in [1.54, 1.807) is 22.9 Å². The maximum atomic E-state index is 12.5. The number of aromatic nitrogens is 3. The van der Waals surface area contributed by atoms with Crippen LogP contribution in [0.5, 0.6) is 11.5 Å². The summed E-state index contributed by atoms with van der Waals surface area (Å²) >= 11 is 0. The molecule has 40 heavy (non-hydrogen) atoms. The summed E-state index contributed by atoms with van der Waals surface area (Å²) in [7, 11) is 0. The minimum absolute atomic E-state index is 0.00718. The summed E-state index contributed by atoms with van der Waals surface area (Å²) in [4.78, 5) is 21.3. The van der Waals surface area contributed by atoms with Crippen molar-refractivity contribution in [2.24, 2.45) is 0 Å². The Morgan fingerprint density at radius 3 is 2.12 bits per heavy atom. The van der Waals surface area contributed by atoms with Crippen molar-refractivity contribution in [3.05, 3.63) is 83.8 Å². The number of ether oxygens (including phenoxy) is 2. The van der Waals surface area contributed by atoms with Crippen molar-refractivity contribution in [2.75, 3.05) is 6.54 Å². The van der Waals surface area contributed by atoms with Crippen LogP contribution in [0.2, 0.25) is 0 Å². The highest BCUT2D eigenvalue weighted by Crippen LogP contribution is 2.25. The van der Waals surface area contributed by atoms with Gasteiger partial charge in [-0.3, -0.25) is 4.79 Å². The van der Waals surface area contributed by atoms with Crippen LogP contribution in [0, 0.1) is 0 Å². The molecule has 1 unspecified atom stereocenters. The van der Waals surface area contributed by atoms with E-state index in [4.69, 9.17) is 0 Å². The maximum Gasteiger partial charge on any atom is 0.573 e. The first-order valence-electron chi connectivity index (χ1n) is 11.8. The molecule has 0 aliphatic carbocycles. The predicted molar refractivity (Wildman–Crippen MR) is 129 cm³/mol. The van der Waals surface area contributed by atoms with Crippen LogP contribution in [0.4, 0.5) is 26.3 Å². The highest BCUT2D eigenvalue weighted by Gasteiger charge is 2.31. The van der Waals surface area contributed by atoms with Crippen molar-refractivity contribution in [3.8, 4) is 11.5 Å². The van der Waals surface area contributed by atoms with Gasteiger partial charge in [0.05, 0.1) is 12.6 Å². The normalized spacial score (nSPS) is 12.8. The van der Waals surface area contributed by atoms with Crippen molar-refractivity contribution in [1.29, 1.82) is 0 Å². The number of aliphatic hydroxyl groups excluding tert-OH is 1. The molecule has 0 saturated heterocycles. The Labute approximate surface area is 223 Å². The Bertz CT molecular complexity index is 1440. The van der Waals surface area contributed by atoms with Crippen LogP contribution < -0.4 is 14.8 Å². The summed E-state index contributed by atoms with van der Waals surface area (Å²) in [6.45, 7) is 0.0478. The number of aryl methyl sites for hydroxylation is 1. The van der Waals surface area contributed by atoms with Gasteiger partial charge in [-0.25, -0.2) is 9.97 Å². The number of carbonyl (C=O) groups excluding carboxylic acids is 1. The van der Waals surface area contributed by atoms with Gasteiger partial charge < -0.3 is 24.5 Å². The Morgan fingerprint density at radius 2 is 1.52 bits per heavy atom. The van der Waals surface area contributed by atoms with Crippen LogP contribution in [-0.2, 0) is 17.8 Å². The van der Waals surface area contributed by atoms with Crippen molar-refractivity contribution < 1.29 is 45.7 Å². The molecule has 0 spiro atoms. The first-order valence-corrected chi connectivity index (χ1v) is 11.8. The Hall–Kier alpha value is -4.33. The van der Waals surface area contributed by atoms with Crippen LogP contribution in [-0.4, -0.2) is 44.8 Å². The van der Waals surface area contributed by atoms with Crippen LogP contribution in [0.25, 0.3) is 11.2 Å². The highest BCUT2D eigenvalue weighted by molar-refractivity contribution is 5.76. The van der Waals surface area contributed by atoms with Gasteiger partial charge in [0.25, 0.3) is 0 Å². The van der Waals surface area contributed by atoms with Gasteiger partial charge in [0.2, 0.25) is 5.91 Å². The number of nitrogens with one attached hydrogen (secondary N) is 1. The number of hydrogen-bond donors (Lipinski definition) is 2. The second-order valence-electron chi connectivity index (χ2n) is 8.59. The number of halogens is 6. The quantitative estimate of drug-likeness (QED) is 0.260. The Kier molecular flexibility index (Phi) is 8.47.